The van der Waals surface area contributed by atoms with Gasteiger partial charge in [-0.3, -0.25) is 4.79 Å². The van der Waals surface area contributed by atoms with Crippen molar-refractivity contribution in [2.45, 2.75) is 6.92 Å². The van der Waals surface area contributed by atoms with Crippen molar-refractivity contribution in [1.29, 1.82) is 0 Å². The van der Waals surface area contributed by atoms with Crippen LogP contribution in [-0.4, -0.2) is 34.3 Å². The fourth-order valence-corrected chi connectivity index (χ4v) is 1.21. The Balaban J connectivity index is 0.00000169. The molecule has 0 radical (unpaired) electrons. The maximum atomic E-state index is 11.2. The van der Waals surface area contributed by atoms with Crippen LogP contribution in [0.5, 0.6) is 0 Å². The maximum Gasteiger partial charge on any atom is 0.272 e. The van der Waals surface area contributed by atoms with Gasteiger partial charge in [0, 0.05) is 13.1 Å². The first kappa shape index (κ1) is 13.3. The van der Waals surface area contributed by atoms with Crippen LogP contribution in [0.3, 0.4) is 0 Å². The quantitative estimate of drug-likeness (QED) is 0.722. The Labute approximate surface area is 93.0 Å². The van der Waals surface area contributed by atoms with Gasteiger partial charge in [-0.25, -0.2) is 0 Å². The van der Waals surface area contributed by atoms with E-state index in [0.717, 1.165) is 24.8 Å². The highest BCUT2D eigenvalue weighted by Crippen LogP contribution is 1.93. The number of amides is 1. The van der Waals surface area contributed by atoms with Gasteiger partial charge in [-0.05, 0) is 6.54 Å². The summed E-state index contributed by atoms with van der Waals surface area (Å²) in [5.41, 5.74) is 0.390. The summed E-state index contributed by atoms with van der Waals surface area (Å²) in [6.07, 6.45) is 1.47. The van der Waals surface area contributed by atoms with Crippen LogP contribution in [0.2, 0.25) is 0 Å². The molecule has 1 aromatic heterocycles. The third-order valence-electron chi connectivity index (χ3n) is 1.43. The fraction of sp³-hybridized carbons (Fsp3) is 0.571. The third kappa shape index (κ3) is 4.50. The van der Waals surface area contributed by atoms with Gasteiger partial charge in [0.2, 0.25) is 0 Å². The van der Waals surface area contributed by atoms with Crippen LogP contribution in [-0.2, 0) is 0 Å². The molecule has 1 aromatic rings. The molecule has 1 heterocycles. The Hall–Kier alpha value is -0.720. The number of rotatable bonds is 5. The predicted octanol–water partition coefficient (Wildman–Crippen LogP) is 0.299. The molecule has 0 saturated carbocycles. The van der Waals surface area contributed by atoms with E-state index in [9.17, 15) is 4.79 Å². The molecule has 0 spiro atoms. The van der Waals surface area contributed by atoms with E-state index >= 15 is 0 Å². The van der Waals surface area contributed by atoms with Crippen LogP contribution in [0.25, 0.3) is 0 Å². The zero-order valence-corrected chi connectivity index (χ0v) is 9.45. The molecule has 7 heteroatoms. The Kier molecular flexibility index (Phi) is 7.27. The maximum absolute atomic E-state index is 11.2. The minimum absolute atomic E-state index is 0. The first-order valence-electron chi connectivity index (χ1n) is 4.11. The topological polar surface area (TPSA) is 66.9 Å². The molecule has 0 aliphatic heterocycles. The van der Waals surface area contributed by atoms with E-state index < -0.39 is 0 Å². The Bertz CT molecular complexity index is 254. The van der Waals surface area contributed by atoms with E-state index in [4.69, 9.17) is 0 Å². The minimum atomic E-state index is -0.161. The number of halogens is 1. The molecule has 0 atom stereocenters. The van der Waals surface area contributed by atoms with E-state index in [1.807, 2.05) is 6.92 Å². The van der Waals surface area contributed by atoms with Crippen molar-refractivity contribution in [3.05, 3.63) is 11.9 Å². The van der Waals surface area contributed by atoms with Gasteiger partial charge in [-0.2, -0.15) is 8.75 Å². The van der Waals surface area contributed by atoms with E-state index in [1.165, 1.54) is 6.20 Å². The molecule has 0 aliphatic carbocycles. The number of carbonyl (C=O) groups excluding carboxylic acids is 1. The van der Waals surface area contributed by atoms with Crippen molar-refractivity contribution >= 4 is 30.0 Å². The highest BCUT2D eigenvalue weighted by molar-refractivity contribution is 6.99. The van der Waals surface area contributed by atoms with Gasteiger partial charge in [0.15, 0.2) is 5.69 Å². The van der Waals surface area contributed by atoms with Gasteiger partial charge < -0.3 is 10.6 Å². The van der Waals surface area contributed by atoms with Crippen LogP contribution in [0.15, 0.2) is 6.20 Å². The van der Waals surface area contributed by atoms with Crippen molar-refractivity contribution in [3.8, 4) is 0 Å². The van der Waals surface area contributed by atoms with E-state index in [0.29, 0.717) is 12.2 Å². The predicted molar refractivity (Wildman–Crippen MR) is 58.0 cm³/mol. The zero-order chi connectivity index (χ0) is 9.52. The minimum Gasteiger partial charge on any atom is -0.349 e. The summed E-state index contributed by atoms with van der Waals surface area (Å²) < 4.78 is 7.55. The lowest BCUT2D eigenvalue weighted by atomic mass is 10.4. The van der Waals surface area contributed by atoms with Crippen LogP contribution in [0, 0.1) is 0 Å². The van der Waals surface area contributed by atoms with Gasteiger partial charge in [0.1, 0.15) is 0 Å². The molecule has 1 amide bonds. The second-order valence-corrected chi connectivity index (χ2v) is 2.96. The first-order valence-corrected chi connectivity index (χ1v) is 4.84. The summed E-state index contributed by atoms with van der Waals surface area (Å²) in [7, 11) is 0. The standard InChI is InChI=1S/C7H12N4OS.ClH/c1-2-8-3-4-9-7(12)6-5-10-13-11-6;/h5,8H,2-4H2,1H3,(H,9,12);1H. The molecule has 14 heavy (non-hydrogen) atoms. The van der Waals surface area contributed by atoms with Crippen molar-refractivity contribution in [3.63, 3.8) is 0 Å². The Morgan fingerprint density at radius 3 is 2.93 bits per heavy atom. The van der Waals surface area contributed by atoms with Crippen molar-refractivity contribution < 1.29 is 4.79 Å². The van der Waals surface area contributed by atoms with Gasteiger partial charge in [0.05, 0.1) is 17.9 Å². The average molecular weight is 237 g/mol. The van der Waals surface area contributed by atoms with E-state index in [2.05, 4.69) is 19.4 Å². The van der Waals surface area contributed by atoms with Crippen molar-refractivity contribution in [1.82, 2.24) is 19.4 Å². The molecule has 5 nitrogen and oxygen atoms in total. The smallest absolute Gasteiger partial charge is 0.272 e. The van der Waals surface area contributed by atoms with Gasteiger partial charge in [-0.1, -0.05) is 6.92 Å². The lowest BCUT2D eigenvalue weighted by Crippen LogP contribution is -2.31. The monoisotopic (exact) mass is 236 g/mol. The van der Waals surface area contributed by atoms with Gasteiger partial charge >= 0.3 is 0 Å². The summed E-state index contributed by atoms with van der Waals surface area (Å²) >= 11 is 1.04. The summed E-state index contributed by atoms with van der Waals surface area (Å²) in [5.74, 6) is -0.161. The highest BCUT2D eigenvalue weighted by Gasteiger charge is 2.06. The molecule has 0 saturated heterocycles. The lowest BCUT2D eigenvalue weighted by molar-refractivity contribution is 0.0950. The number of hydrogen-bond acceptors (Lipinski definition) is 5. The molecule has 0 aliphatic rings. The number of carbonyl (C=O) groups is 1. The molecular weight excluding hydrogens is 224 g/mol. The number of nitrogens with one attached hydrogen (secondary N) is 2. The highest BCUT2D eigenvalue weighted by atomic mass is 35.5. The zero-order valence-electron chi connectivity index (χ0n) is 7.82. The molecular formula is C7H13ClN4OS. The number of likely N-dealkylation sites (N-methyl/N-ethyl adjacent to an activating group) is 1. The van der Waals surface area contributed by atoms with Crippen molar-refractivity contribution in [2.75, 3.05) is 19.6 Å². The number of aromatic nitrogens is 2. The van der Waals surface area contributed by atoms with Crippen LogP contribution in [0.4, 0.5) is 0 Å². The van der Waals surface area contributed by atoms with Crippen molar-refractivity contribution in [2.24, 2.45) is 0 Å². The van der Waals surface area contributed by atoms with Crippen LogP contribution in [0.1, 0.15) is 17.4 Å². The summed E-state index contributed by atoms with van der Waals surface area (Å²) in [4.78, 5) is 11.2. The average Bonchev–Trinajstić information content (AvgIpc) is 2.65. The molecule has 0 unspecified atom stereocenters. The molecule has 2 N–H and O–H groups in total. The first-order chi connectivity index (χ1) is 6.34. The molecule has 80 valence electrons. The van der Waals surface area contributed by atoms with Gasteiger partial charge in [0.25, 0.3) is 5.91 Å². The largest absolute Gasteiger partial charge is 0.349 e. The Morgan fingerprint density at radius 2 is 2.36 bits per heavy atom. The van der Waals surface area contributed by atoms with E-state index in [1.54, 1.807) is 0 Å². The SMILES string of the molecule is CCNCCNC(=O)c1cnsn1.Cl. The summed E-state index contributed by atoms with van der Waals surface area (Å²) in [6.45, 7) is 4.32. The summed E-state index contributed by atoms with van der Waals surface area (Å²) in [5, 5.41) is 5.82. The second kappa shape index (κ2) is 7.66. The van der Waals surface area contributed by atoms with Gasteiger partial charge in [-0.15, -0.1) is 12.4 Å². The van der Waals surface area contributed by atoms with Crippen LogP contribution >= 0.6 is 24.1 Å². The molecule has 0 bridgehead atoms. The normalized spacial score (nSPS) is 9.21. The number of hydrogen-bond donors (Lipinski definition) is 2. The Morgan fingerprint density at radius 1 is 1.57 bits per heavy atom. The second-order valence-electron chi connectivity index (χ2n) is 2.40. The summed E-state index contributed by atoms with van der Waals surface area (Å²) in [6, 6.07) is 0. The molecule has 0 aromatic carbocycles. The van der Waals surface area contributed by atoms with Crippen LogP contribution < -0.4 is 10.6 Å². The molecule has 1 rings (SSSR count). The molecule has 0 fully saturated rings. The fourth-order valence-electron chi connectivity index (χ4n) is 0.796. The van der Waals surface area contributed by atoms with E-state index in [-0.39, 0.29) is 18.3 Å². The third-order valence-corrected chi connectivity index (χ3v) is 1.91. The lowest BCUT2D eigenvalue weighted by Gasteiger charge is -2.02. The number of nitrogens with zero attached hydrogens (tertiary/aromatic N) is 2.